The highest BCUT2D eigenvalue weighted by Crippen LogP contribution is 2.31. The summed E-state index contributed by atoms with van der Waals surface area (Å²) in [6, 6.07) is 15.5. The van der Waals surface area contributed by atoms with Crippen LogP contribution in [-0.2, 0) is 9.53 Å². The van der Waals surface area contributed by atoms with Crippen LogP contribution in [0.15, 0.2) is 48.5 Å². The molecule has 9 heteroatoms. The third-order valence-corrected chi connectivity index (χ3v) is 9.25. The molecule has 6 rings (SSSR count). The summed E-state index contributed by atoms with van der Waals surface area (Å²) in [5.41, 5.74) is 2.49. The molecular formula is C32H42N4O5. The molecule has 41 heavy (non-hydrogen) atoms. The lowest BCUT2D eigenvalue weighted by molar-refractivity contribution is -0.135. The average molecular weight is 563 g/mol. The van der Waals surface area contributed by atoms with Crippen LogP contribution in [0.25, 0.3) is 11.1 Å². The summed E-state index contributed by atoms with van der Waals surface area (Å²) in [7, 11) is 2.15. The molecule has 4 heterocycles. The number of hydrogen-bond donors (Lipinski definition) is 2. The van der Waals surface area contributed by atoms with E-state index in [0.29, 0.717) is 49.9 Å². The Morgan fingerprint density at radius 1 is 0.902 bits per heavy atom. The molecule has 220 valence electrons. The number of rotatable bonds is 2. The minimum atomic E-state index is -0.642. The first-order valence-corrected chi connectivity index (χ1v) is 15.1. The maximum Gasteiger partial charge on any atom is 0.258 e. The van der Waals surface area contributed by atoms with Crippen LogP contribution < -0.4 is 10.1 Å². The lowest BCUT2D eigenvalue weighted by atomic mass is 9.98. The Kier molecular flexibility index (Phi) is 8.57. The van der Waals surface area contributed by atoms with Crippen LogP contribution in [0.5, 0.6) is 5.75 Å². The minimum absolute atomic E-state index is 0.0780. The summed E-state index contributed by atoms with van der Waals surface area (Å²) < 4.78 is 12.5. The molecule has 0 radical (unpaired) electrons. The predicted molar refractivity (Wildman–Crippen MR) is 156 cm³/mol. The molecule has 0 saturated carbocycles. The second-order valence-electron chi connectivity index (χ2n) is 11.9. The molecule has 3 saturated heterocycles. The first kappa shape index (κ1) is 28.2. The third-order valence-electron chi connectivity index (χ3n) is 9.25. The van der Waals surface area contributed by atoms with E-state index >= 15 is 0 Å². The van der Waals surface area contributed by atoms with Gasteiger partial charge < -0.3 is 29.7 Å². The van der Waals surface area contributed by atoms with E-state index in [1.165, 1.54) is 0 Å². The smallest absolute Gasteiger partial charge is 0.258 e. The Labute approximate surface area is 242 Å². The molecule has 2 N–H and O–H groups in total. The largest absolute Gasteiger partial charge is 0.493 e. The minimum Gasteiger partial charge on any atom is -0.493 e. The second kappa shape index (κ2) is 12.5. The number of benzene rings is 2. The first-order chi connectivity index (χ1) is 20.0. The highest BCUT2D eigenvalue weighted by Gasteiger charge is 2.40. The highest BCUT2D eigenvalue weighted by atomic mass is 16.5. The molecule has 9 nitrogen and oxygen atoms in total. The summed E-state index contributed by atoms with van der Waals surface area (Å²) >= 11 is 0. The number of carbonyl (C=O) groups is 2. The summed E-state index contributed by atoms with van der Waals surface area (Å²) in [6.07, 6.45) is 2.92. The fourth-order valence-corrected chi connectivity index (χ4v) is 6.71. The number of amides is 2. The van der Waals surface area contributed by atoms with E-state index < -0.39 is 18.2 Å². The van der Waals surface area contributed by atoms with Crippen LogP contribution >= 0.6 is 0 Å². The fourth-order valence-electron chi connectivity index (χ4n) is 6.71. The van der Waals surface area contributed by atoms with Gasteiger partial charge in [-0.3, -0.25) is 14.5 Å². The van der Waals surface area contributed by atoms with Gasteiger partial charge in [-0.15, -0.1) is 0 Å². The van der Waals surface area contributed by atoms with Crippen LogP contribution in [0.3, 0.4) is 0 Å². The Bertz CT molecular complexity index is 1220. The van der Waals surface area contributed by atoms with E-state index in [4.69, 9.17) is 9.47 Å². The number of fused-ring (bicyclic) bond motifs is 4. The van der Waals surface area contributed by atoms with Gasteiger partial charge >= 0.3 is 0 Å². The number of ether oxygens (including phenoxy) is 2. The van der Waals surface area contributed by atoms with Gasteiger partial charge in [0, 0.05) is 38.6 Å². The van der Waals surface area contributed by atoms with Gasteiger partial charge in [-0.2, -0.15) is 0 Å². The van der Waals surface area contributed by atoms with Crippen LogP contribution in [0.4, 0.5) is 0 Å². The van der Waals surface area contributed by atoms with E-state index in [9.17, 15) is 14.7 Å². The quantitative estimate of drug-likeness (QED) is 0.581. The molecule has 3 fully saturated rings. The van der Waals surface area contributed by atoms with Crippen LogP contribution in [0, 0.1) is 0 Å². The van der Waals surface area contributed by atoms with Gasteiger partial charge in [0.2, 0.25) is 5.91 Å². The first-order valence-electron chi connectivity index (χ1n) is 15.1. The molecule has 2 aromatic carbocycles. The van der Waals surface area contributed by atoms with Crippen molar-refractivity contribution in [3.8, 4) is 16.9 Å². The Morgan fingerprint density at radius 2 is 1.71 bits per heavy atom. The number of carbonyl (C=O) groups excluding carboxylic acids is 2. The number of hydrogen-bond acceptors (Lipinski definition) is 7. The third kappa shape index (κ3) is 6.28. The number of piperazine rings is 1. The maximum atomic E-state index is 14.2. The monoisotopic (exact) mass is 562 g/mol. The SMILES string of the molecule is CN1CCC(N2CCN3C(=O)c4ccc(-c5ccccc5)cc4OCC[C@@H]4CC[C@H](O)[C@@H](CNC(=O)[C@@H]3C2)O4)CC1. The predicted octanol–water partition coefficient (Wildman–Crippen LogP) is 2.38. The molecule has 4 aliphatic heterocycles. The Morgan fingerprint density at radius 3 is 2.51 bits per heavy atom. The number of aliphatic hydroxyl groups excluding tert-OH is 1. The molecule has 0 aliphatic carbocycles. The van der Waals surface area contributed by atoms with Gasteiger partial charge in [0.25, 0.3) is 5.91 Å². The normalized spacial score (nSPS) is 29.1. The number of nitrogens with zero attached hydrogens (tertiary/aromatic N) is 3. The van der Waals surface area contributed by atoms with Crippen molar-refractivity contribution < 1.29 is 24.2 Å². The van der Waals surface area contributed by atoms with Crippen molar-refractivity contribution in [2.75, 3.05) is 52.9 Å². The van der Waals surface area contributed by atoms with Crippen LogP contribution in [0.2, 0.25) is 0 Å². The fraction of sp³-hybridized carbons (Fsp3) is 0.562. The average Bonchev–Trinajstić information content (AvgIpc) is 3.01. The molecule has 2 bridgehead atoms. The highest BCUT2D eigenvalue weighted by molar-refractivity contribution is 6.00. The van der Waals surface area contributed by atoms with Crippen LogP contribution in [0.1, 0.15) is 42.5 Å². The Hall–Kier alpha value is -2.98. The van der Waals surface area contributed by atoms with E-state index in [-0.39, 0.29) is 24.5 Å². The van der Waals surface area contributed by atoms with Crippen molar-refractivity contribution >= 4 is 11.8 Å². The number of aliphatic hydroxyl groups is 1. The second-order valence-corrected chi connectivity index (χ2v) is 11.9. The number of piperidine rings is 1. The zero-order chi connectivity index (χ0) is 28.3. The zero-order valence-electron chi connectivity index (χ0n) is 23.9. The number of likely N-dealkylation sites (tertiary alicyclic amines) is 1. The molecule has 0 spiro atoms. The van der Waals surface area contributed by atoms with E-state index in [1.54, 1.807) is 4.90 Å². The molecule has 2 aromatic rings. The van der Waals surface area contributed by atoms with Crippen molar-refractivity contribution in [2.24, 2.45) is 0 Å². The maximum absolute atomic E-state index is 14.2. The van der Waals surface area contributed by atoms with Gasteiger partial charge in [-0.05, 0) is 69.1 Å². The van der Waals surface area contributed by atoms with Crippen LogP contribution in [-0.4, -0.2) is 115 Å². The topological polar surface area (TPSA) is 94.6 Å². The van der Waals surface area contributed by atoms with E-state index in [1.807, 2.05) is 48.5 Å². The lowest BCUT2D eigenvalue weighted by Crippen LogP contribution is -2.63. The van der Waals surface area contributed by atoms with Crippen molar-refractivity contribution in [2.45, 2.75) is 62.5 Å². The summed E-state index contributed by atoms with van der Waals surface area (Å²) in [6.45, 7) is 4.37. The summed E-state index contributed by atoms with van der Waals surface area (Å²) in [5.74, 6) is 0.142. The van der Waals surface area contributed by atoms with Gasteiger partial charge in [-0.25, -0.2) is 0 Å². The lowest BCUT2D eigenvalue weighted by Gasteiger charge is -2.45. The molecule has 0 aromatic heterocycles. The summed E-state index contributed by atoms with van der Waals surface area (Å²) in [5, 5.41) is 13.6. The van der Waals surface area contributed by atoms with Crippen molar-refractivity contribution in [3.63, 3.8) is 0 Å². The standard InChI is InChI=1S/C32H42N4O5/c1-34-14-11-24(12-15-34)35-16-17-36-27(21-35)31(38)33-20-30-28(37)10-8-25(41-30)13-18-40-29-19-23(7-9-26(29)32(36)39)22-5-3-2-4-6-22/h2-7,9,19,24-25,27-28,30,37H,8,10-18,20-21H2,1H3,(H,33,38)/t25-,27-,28-,30+/m0/s1. The van der Waals surface area contributed by atoms with Crippen molar-refractivity contribution in [3.05, 3.63) is 54.1 Å². The van der Waals surface area contributed by atoms with Gasteiger partial charge in [-0.1, -0.05) is 36.4 Å². The van der Waals surface area contributed by atoms with Crippen molar-refractivity contribution in [1.29, 1.82) is 0 Å². The molecule has 0 unspecified atom stereocenters. The molecular weight excluding hydrogens is 520 g/mol. The van der Waals surface area contributed by atoms with Gasteiger partial charge in [0.15, 0.2) is 0 Å². The molecule has 4 aliphatic rings. The summed E-state index contributed by atoms with van der Waals surface area (Å²) in [4.78, 5) is 34.4. The number of nitrogens with one attached hydrogen (secondary N) is 1. The van der Waals surface area contributed by atoms with E-state index in [0.717, 1.165) is 50.0 Å². The zero-order valence-corrected chi connectivity index (χ0v) is 23.9. The van der Waals surface area contributed by atoms with Crippen molar-refractivity contribution in [1.82, 2.24) is 20.0 Å². The molecule has 2 amide bonds. The van der Waals surface area contributed by atoms with Gasteiger partial charge in [0.05, 0.1) is 24.4 Å². The van der Waals surface area contributed by atoms with Gasteiger partial charge in [0.1, 0.15) is 17.9 Å². The van der Waals surface area contributed by atoms with E-state index in [2.05, 4.69) is 22.2 Å². The molecule has 4 atom stereocenters. The Balaban J connectivity index is 1.31.